The molecule has 0 spiro atoms. The van der Waals surface area contributed by atoms with Gasteiger partial charge in [-0.3, -0.25) is 4.79 Å². The van der Waals surface area contributed by atoms with Crippen molar-refractivity contribution in [1.29, 1.82) is 0 Å². The molecular weight excluding hydrogens is 189 g/mol. The van der Waals surface area contributed by atoms with Crippen LogP contribution in [0.15, 0.2) is 0 Å². The smallest absolute Gasteiger partial charge is 0.225 e. The molecule has 1 saturated heterocycles. The number of rotatable bonds is 3. The molecule has 0 saturated carbocycles. The van der Waals surface area contributed by atoms with E-state index in [1.807, 2.05) is 18.7 Å². The minimum atomic E-state index is -0.321. The summed E-state index contributed by atoms with van der Waals surface area (Å²) in [4.78, 5) is 13.6. The zero-order valence-corrected chi connectivity index (χ0v) is 9.90. The normalized spacial score (nSPS) is 27.1. The van der Waals surface area contributed by atoms with E-state index in [0.29, 0.717) is 13.1 Å². The maximum Gasteiger partial charge on any atom is 0.225 e. The molecule has 1 heterocycles. The van der Waals surface area contributed by atoms with Gasteiger partial charge in [-0.15, -0.1) is 0 Å². The van der Waals surface area contributed by atoms with Gasteiger partial charge in [0, 0.05) is 25.0 Å². The van der Waals surface area contributed by atoms with Crippen LogP contribution in [0.3, 0.4) is 0 Å². The molecule has 1 rings (SSSR count). The maximum atomic E-state index is 11.8. The Bertz CT molecular complexity index is 221. The summed E-state index contributed by atoms with van der Waals surface area (Å²) >= 11 is 0. The highest BCUT2D eigenvalue weighted by molar-refractivity contribution is 6.11. The fourth-order valence-electron chi connectivity index (χ4n) is 1.90. The minimum absolute atomic E-state index is 0.0394. The van der Waals surface area contributed by atoms with E-state index in [9.17, 15) is 4.79 Å². The largest absolute Gasteiger partial charge is 0.381 e. The van der Waals surface area contributed by atoms with Crippen LogP contribution in [-0.2, 0) is 9.53 Å². The summed E-state index contributed by atoms with van der Waals surface area (Å²) in [5.74, 6) is 0.215. The summed E-state index contributed by atoms with van der Waals surface area (Å²) < 4.78 is 5.57. The number of amides is 1. The molecule has 2 radical (unpaired) electrons. The molecule has 0 aromatic heterocycles. The summed E-state index contributed by atoms with van der Waals surface area (Å²) in [5.41, 5.74) is 0. The van der Waals surface area contributed by atoms with Crippen molar-refractivity contribution in [1.82, 2.24) is 4.90 Å². The van der Waals surface area contributed by atoms with Gasteiger partial charge in [0.25, 0.3) is 0 Å². The lowest BCUT2D eigenvalue weighted by atomic mass is 9.95. The van der Waals surface area contributed by atoms with E-state index >= 15 is 0 Å². The highest BCUT2D eigenvalue weighted by atomic mass is 16.5. The molecule has 0 bridgehead atoms. The third kappa shape index (κ3) is 3.52. The van der Waals surface area contributed by atoms with E-state index in [2.05, 4.69) is 6.92 Å². The lowest BCUT2D eigenvalue weighted by Gasteiger charge is -2.38. The molecule has 3 nitrogen and oxygen atoms in total. The lowest BCUT2D eigenvalue weighted by Crippen LogP contribution is -2.51. The van der Waals surface area contributed by atoms with Gasteiger partial charge in [0.15, 0.2) is 0 Å². The van der Waals surface area contributed by atoms with Crippen LogP contribution in [0.4, 0.5) is 0 Å². The van der Waals surface area contributed by atoms with E-state index in [-0.39, 0.29) is 23.9 Å². The van der Waals surface area contributed by atoms with Gasteiger partial charge in [0.2, 0.25) is 5.91 Å². The van der Waals surface area contributed by atoms with Gasteiger partial charge in [-0.05, 0) is 6.42 Å². The Morgan fingerprint density at radius 3 is 2.73 bits per heavy atom. The van der Waals surface area contributed by atoms with Gasteiger partial charge in [0.1, 0.15) is 7.85 Å². The van der Waals surface area contributed by atoms with Crippen molar-refractivity contribution < 1.29 is 9.53 Å². The predicted octanol–water partition coefficient (Wildman–Crippen LogP) is 1.16. The minimum Gasteiger partial charge on any atom is -0.381 e. The average molecular weight is 209 g/mol. The van der Waals surface area contributed by atoms with Gasteiger partial charge in [-0.2, -0.15) is 0 Å². The van der Waals surface area contributed by atoms with Crippen LogP contribution in [0.25, 0.3) is 0 Å². The first kappa shape index (κ1) is 12.6. The Kier molecular flexibility index (Phi) is 4.64. The predicted molar refractivity (Wildman–Crippen MR) is 60.7 cm³/mol. The highest BCUT2D eigenvalue weighted by Gasteiger charge is 2.28. The fourth-order valence-corrected chi connectivity index (χ4v) is 1.90. The molecule has 15 heavy (non-hydrogen) atoms. The second-order valence-electron chi connectivity index (χ2n) is 4.48. The molecule has 84 valence electrons. The van der Waals surface area contributed by atoms with Crippen molar-refractivity contribution >= 4 is 13.8 Å². The Morgan fingerprint density at radius 2 is 2.20 bits per heavy atom. The molecule has 1 aliphatic heterocycles. The van der Waals surface area contributed by atoms with Gasteiger partial charge in [0.05, 0.1) is 6.10 Å². The molecule has 0 aromatic carbocycles. The number of hydrogen-bond donors (Lipinski definition) is 0. The third-order valence-corrected chi connectivity index (χ3v) is 2.61. The second-order valence-corrected chi connectivity index (χ2v) is 4.48. The van der Waals surface area contributed by atoms with Crippen molar-refractivity contribution in [2.24, 2.45) is 5.92 Å². The first-order chi connectivity index (χ1) is 7.04. The van der Waals surface area contributed by atoms with E-state index in [4.69, 9.17) is 12.6 Å². The van der Waals surface area contributed by atoms with Crippen LogP contribution in [-0.4, -0.2) is 43.9 Å². The van der Waals surface area contributed by atoms with Crippen molar-refractivity contribution in [3.63, 3.8) is 0 Å². The quantitative estimate of drug-likeness (QED) is 0.653. The van der Waals surface area contributed by atoms with E-state index in [1.165, 1.54) is 0 Å². The number of ether oxygens (including phenoxy) is 1. The van der Waals surface area contributed by atoms with Crippen LogP contribution >= 0.6 is 0 Å². The Morgan fingerprint density at radius 1 is 1.53 bits per heavy atom. The van der Waals surface area contributed by atoms with Gasteiger partial charge in [-0.1, -0.05) is 27.2 Å². The Balaban J connectivity index is 2.55. The molecule has 0 aromatic rings. The molecule has 0 N–H and O–H groups in total. The molecule has 1 amide bonds. The Hall–Kier alpha value is -0.505. The average Bonchev–Trinajstić information content (AvgIpc) is 2.16. The van der Waals surface area contributed by atoms with E-state index in [1.54, 1.807) is 0 Å². The highest BCUT2D eigenvalue weighted by Crippen LogP contribution is 2.15. The molecule has 1 aliphatic rings. The lowest BCUT2D eigenvalue weighted by molar-refractivity contribution is -0.144. The zero-order valence-electron chi connectivity index (χ0n) is 9.90. The SMILES string of the molecule is [B]C1CN(C(=O)C(C)C)CC(CCC)O1. The number of morpholine rings is 1. The number of carbonyl (C=O) groups excluding carboxylic acids is 1. The van der Waals surface area contributed by atoms with Crippen LogP contribution in [0, 0.1) is 5.92 Å². The molecule has 4 heteroatoms. The van der Waals surface area contributed by atoms with Gasteiger partial charge >= 0.3 is 0 Å². The number of nitrogens with zero attached hydrogens (tertiary/aromatic N) is 1. The first-order valence-corrected chi connectivity index (χ1v) is 5.74. The van der Waals surface area contributed by atoms with Crippen LogP contribution in [0.2, 0.25) is 0 Å². The van der Waals surface area contributed by atoms with Crippen LogP contribution < -0.4 is 0 Å². The van der Waals surface area contributed by atoms with Crippen molar-refractivity contribution in [3.8, 4) is 0 Å². The summed E-state index contributed by atoms with van der Waals surface area (Å²) in [6, 6.07) is -0.321. The van der Waals surface area contributed by atoms with Crippen molar-refractivity contribution in [2.45, 2.75) is 45.7 Å². The first-order valence-electron chi connectivity index (χ1n) is 5.74. The molecule has 1 fully saturated rings. The molecule has 0 aliphatic carbocycles. The van der Waals surface area contributed by atoms with E-state index in [0.717, 1.165) is 12.8 Å². The summed E-state index contributed by atoms with van der Waals surface area (Å²) in [5, 5.41) is 0. The standard InChI is InChI=1S/C11H20BNO2/c1-4-5-9-6-13(7-10(12)15-9)11(14)8(2)3/h8-10H,4-7H2,1-3H3. The van der Waals surface area contributed by atoms with Gasteiger partial charge < -0.3 is 9.64 Å². The summed E-state index contributed by atoms with van der Waals surface area (Å²) in [6.07, 6.45) is 2.14. The number of carbonyl (C=O) groups is 1. The monoisotopic (exact) mass is 209 g/mol. The van der Waals surface area contributed by atoms with E-state index < -0.39 is 0 Å². The van der Waals surface area contributed by atoms with Gasteiger partial charge in [-0.25, -0.2) is 0 Å². The molecule has 2 atom stereocenters. The van der Waals surface area contributed by atoms with Crippen LogP contribution in [0.5, 0.6) is 0 Å². The molecule has 2 unspecified atom stereocenters. The molecular formula is C11H20BNO2. The Labute approximate surface area is 93.6 Å². The summed E-state index contributed by atoms with van der Waals surface area (Å²) in [6.45, 7) is 7.16. The zero-order chi connectivity index (χ0) is 11.4. The topological polar surface area (TPSA) is 29.5 Å². The maximum absolute atomic E-state index is 11.8. The number of hydrogen-bond acceptors (Lipinski definition) is 2. The second kappa shape index (κ2) is 5.54. The van der Waals surface area contributed by atoms with Crippen LogP contribution in [0.1, 0.15) is 33.6 Å². The summed E-state index contributed by atoms with van der Waals surface area (Å²) in [7, 11) is 5.77. The third-order valence-electron chi connectivity index (χ3n) is 2.61. The van der Waals surface area contributed by atoms with Crippen molar-refractivity contribution in [2.75, 3.05) is 13.1 Å². The van der Waals surface area contributed by atoms with Crippen molar-refractivity contribution in [3.05, 3.63) is 0 Å². The fraction of sp³-hybridized carbons (Fsp3) is 0.909.